The number of halogens is 1. The lowest BCUT2D eigenvalue weighted by Gasteiger charge is -2.12. The Morgan fingerprint density at radius 1 is 1.53 bits per heavy atom. The average molecular weight is 324 g/mol. The molecule has 0 unspecified atom stereocenters. The van der Waals surface area contributed by atoms with Gasteiger partial charge in [0.25, 0.3) is 5.91 Å². The molecule has 0 spiro atoms. The van der Waals surface area contributed by atoms with Gasteiger partial charge in [0.2, 0.25) is 0 Å². The van der Waals surface area contributed by atoms with E-state index in [0.29, 0.717) is 5.69 Å². The highest BCUT2D eigenvalue weighted by Crippen LogP contribution is 2.17. The standard InChI is InChI=1S/C13H14BrN3O2/c1-17-11(5-6-16-17)13(19)15-8-12(18)9-3-2-4-10(14)7-9/h2-7,12,18H,8H2,1H3,(H,15,19)/t12-/m1/s1. The quantitative estimate of drug-likeness (QED) is 0.899. The van der Waals surface area contributed by atoms with Gasteiger partial charge >= 0.3 is 0 Å². The number of nitrogens with zero attached hydrogens (tertiary/aromatic N) is 2. The Kier molecular flexibility index (Phi) is 4.34. The molecule has 0 saturated heterocycles. The number of carbonyl (C=O) groups is 1. The van der Waals surface area contributed by atoms with Crippen LogP contribution >= 0.6 is 15.9 Å². The minimum atomic E-state index is -0.741. The van der Waals surface area contributed by atoms with Gasteiger partial charge in [-0.1, -0.05) is 28.1 Å². The number of aliphatic hydroxyl groups excluding tert-OH is 1. The van der Waals surface area contributed by atoms with Crippen LogP contribution in [0.3, 0.4) is 0 Å². The fourth-order valence-electron chi connectivity index (χ4n) is 1.71. The highest BCUT2D eigenvalue weighted by atomic mass is 79.9. The first-order valence-electron chi connectivity index (χ1n) is 5.77. The second kappa shape index (κ2) is 5.99. The van der Waals surface area contributed by atoms with Crippen molar-refractivity contribution in [3.8, 4) is 0 Å². The molecule has 0 saturated carbocycles. The number of amides is 1. The fraction of sp³-hybridized carbons (Fsp3) is 0.231. The SMILES string of the molecule is Cn1nccc1C(=O)NC[C@@H](O)c1cccc(Br)c1. The van der Waals surface area contributed by atoms with E-state index in [1.54, 1.807) is 19.3 Å². The van der Waals surface area contributed by atoms with E-state index in [4.69, 9.17) is 0 Å². The maximum absolute atomic E-state index is 11.8. The minimum absolute atomic E-state index is 0.153. The number of nitrogens with one attached hydrogen (secondary N) is 1. The van der Waals surface area contributed by atoms with Crippen LogP contribution in [0.1, 0.15) is 22.2 Å². The molecule has 2 N–H and O–H groups in total. The zero-order valence-corrected chi connectivity index (χ0v) is 12.0. The molecular formula is C13H14BrN3O2. The van der Waals surface area contributed by atoms with Gasteiger partial charge < -0.3 is 10.4 Å². The highest BCUT2D eigenvalue weighted by molar-refractivity contribution is 9.10. The van der Waals surface area contributed by atoms with Crippen molar-refractivity contribution in [2.45, 2.75) is 6.10 Å². The molecular weight excluding hydrogens is 310 g/mol. The van der Waals surface area contributed by atoms with Gasteiger partial charge in [0.05, 0.1) is 6.10 Å². The zero-order chi connectivity index (χ0) is 13.8. The van der Waals surface area contributed by atoms with Crippen LogP contribution in [-0.4, -0.2) is 27.3 Å². The summed E-state index contributed by atoms with van der Waals surface area (Å²) in [5.74, 6) is -0.256. The number of benzene rings is 1. The van der Waals surface area contributed by atoms with Gasteiger partial charge in [-0.2, -0.15) is 5.10 Å². The molecule has 0 radical (unpaired) electrons. The average Bonchev–Trinajstić information content (AvgIpc) is 2.82. The third kappa shape index (κ3) is 3.42. The maximum atomic E-state index is 11.8. The predicted molar refractivity (Wildman–Crippen MR) is 74.6 cm³/mol. The molecule has 1 aromatic carbocycles. The Morgan fingerprint density at radius 3 is 2.95 bits per heavy atom. The number of aliphatic hydroxyl groups is 1. The monoisotopic (exact) mass is 323 g/mol. The number of aromatic nitrogens is 2. The van der Waals surface area contributed by atoms with Crippen LogP contribution in [-0.2, 0) is 7.05 Å². The van der Waals surface area contributed by atoms with Gasteiger partial charge in [-0.25, -0.2) is 0 Å². The molecule has 19 heavy (non-hydrogen) atoms. The lowest BCUT2D eigenvalue weighted by Crippen LogP contribution is -2.29. The summed E-state index contributed by atoms with van der Waals surface area (Å²) in [5.41, 5.74) is 1.21. The summed E-state index contributed by atoms with van der Waals surface area (Å²) < 4.78 is 2.38. The third-order valence-corrected chi connectivity index (χ3v) is 3.24. The molecule has 1 amide bonds. The van der Waals surface area contributed by atoms with Gasteiger partial charge in [-0.05, 0) is 23.8 Å². The van der Waals surface area contributed by atoms with Crippen LogP contribution in [0.5, 0.6) is 0 Å². The summed E-state index contributed by atoms with van der Waals surface area (Å²) in [6, 6.07) is 8.98. The largest absolute Gasteiger partial charge is 0.387 e. The summed E-state index contributed by atoms with van der Waals surface area (Å²) in [5, 5.41) is 16.6. The van der Waals surface area contributed by atoms with Crippen molar-refractivity contribution in [1.82, 2.24) is 15.1 Å². The molecule has 0 aliphatic heterocycles. The molecule has 2 aromatic rings. The summed E-state index contributed by atoms with van der Waals surface area (Å²) in [4.78, 5) is 11.8. The summed E-state index contributed by atoms with van der Waals surface area (Å²) in [6.07, 6.45) is 0.814. The van der Waals surface area contributed by atoms with E-state index in [1.165, 1.54) is 4.68 Å². The first-order chi connectivity index (χ1) is 9.08. The van der Waals surface area contributed by atoms with E-state index >= 15 is 0 Å². The number of hydrogen-bond acceptors (Lipinski definition) is 3. The van der Waals surface area contributed by atoms with Crippen LogP contribution in [0.2, 0.25) is 0 Å². The lowest BCUT2D eigenvalue weighted by molar-refractivity contribution is 0.0907. The Hall–Kier alpha value is -1.66. The van der Waals surface area contributed by atoms with Crippen LogP contribution in [0, 0.1) is 0 Å². The minimum Gasteiger partial charge on any atom is -0.387 e. The van der Waals surface area contributed by atoms with Crippen molar-refractivity contribution in [2.24, 2.45) is 7.05 Å². The molecule has 0 fully saturated rings. The van der Waals surface area contributed by atoms with Crippen molar-refractivity contribution in [1.29, 1.82) is 0 Å². The van der Waals surface area contributed by atoms with Crippen LogP contribution < -0.4 is 5.32 Å². The second-order valence-corrected chi connectivity index (χ2v) is 5.04. The van der Waals surface area contributed by atoms with E-state index in [0.717, 1.165) is 10.0 Å². The maximum Gasteiger partial charge on any atom is 0.269 e. The fourth-order valence-corrected chi connectivity index (χ4v) is 2.13. The van der Waals surface area contributed by atoms with Crippen molar-refractivity contribution in [3.63, 3.8) is 0 Å². The Balaban J connectivity index is 1.96. The molecule has 0 bridgehead atoms. The molecule has 0 aliphatic carbocycles. The van der Waals surface area contributed by atoms with E-state index in [2.05, 4.69) is 26.3 Å². The molecule has 1 heterocycles. The second-order valence-electron chi connectivity index (χ2n) is 4.12. The summed E-state index contributed by atoms with van der Waals surface area (Å²) in [6.45, 7) is 0.153. The van der Waals surface area contributed by atoms with Crippen molar-refractivity contribution in [2.75, 3.05) is 6.54 Å². The number of carbonyl (C=O) groups excluding carboxylic acids is 1. The Bertz CT molecular complexity index is 583. The zero-order valence-electron chi connectivity index (χ0n) is 10.4. The van der Waals surface area contributed by atoms with Crippen LogP contribution in [0.4, 0.5) is 0 Å². The molecule has 0 aliphatic rings. The van der Waals surface area contributed by atoms with E-state index in [9.17, 15) is 9.90 Å². The molecule has 6 heteroatoms. The number of rotatable bonds is 4. The topological polar surface area (TPSA) is 67.2 Å². The van der Waals surface area contributed by atoms with Gasteiger partial charge in [0, 0.05) is 24.3 Å². The molecule has 2 rings (SSSR count). The van der Waals surface area contributed by atoms with E-state index in [-0.39, 0.29) is 12.5 Å². The van der Waals surface area contributed by atoms with Crippen molar-refractivity contribution >= 4 is 21.8 Å². The van der Waals surface area contributed by atoms with Crippen molar-refractivity contribution in [3.05, 3.63) is 52.3 Å². The highest BCUT2D eigenvalue weighted by Gasteiger charge is 2.13. The van der Waals surface area contributed by atoms with Gasteiger partial charge in [0.15, 0.2) is 0 Å². The smallest absolute Gasteiger partial charge is 0.269 e. The van der Waals surface area contributed by atoms with Crippen LogP contribution in [0.25, 0.3) is 0 Å². The first-order valence-corrected chi connectivity index (χ1v) is 6.57. The van der Waals surface area contributed by atoms with Gasteiger partial charge in [0.1, 0.15) is 5.69 Å². The molecule has 100 valence electrons. The van der Waals surface area contributed by atoms with E-state index in [1.807, 2.05) is 24.3 Å². The molecule has 5 nitrogen and oxygen atoms in total. The van der Waals surface area contributed by atoms with E-state index < -0.39 is 6.10 Å². The van der Waals surface area contributed by atoms with Crippen molar-refractivity contribution < 1.29 is 9.90 Å². The molecule has 1 atom stereocenters. The lowest BCUT2D eigenvalue weighted by atomic mass is 10.1. The number of hydrogen-bond donors (Lipinski definition) is 2. The third-order valence-electron chi connectivity index (χ3n) is 2.74. The van der Waals surface area contributed by atoms with Crippen LogP contribution in [0.15, 0.2) is 41.0 Å². The predicted octanol–water partition coefficient (Wildman–Crippen LogP) is 1.65. The van der Waals surface area contributed by atoms with Gasteiger partial charge in [-0.15, -0.1) is 0 Å². The summed E-state index contributed by atoms with van der Waals surface area (Å²) in [7, 11) is 1.69. The van der Waals surface area contributed by atoms with Gasteiger partial charge in [-0.3, -0.25) is 9.48 Å². The summed E-state index contributed by atoms with van der Waals surface area (Å²) >= 11 is 3.34. The Labute approximate surface area is 119 Å². The Morgan fingerprint density at radius 2 is 2.32 bits per heavy atom. The first kappa shape index (κ1) is 13.8. The molecule has 1 aromatic heterocycles. The number of aryl methyl sites for hydroxylation is 1. The normalized spacial score (nSPS) is 12.2.